The SMILES string of the molecule is CCC1NC(=O)C(C(C)C)NC(=O)C2CCCN2C(=O)C(Cc2ccccc2)NC(=O)C(NC(=O)C(NC(=O)Cc2ccccc2)C(C)C)C(C)OC(=O)C(C(C)C)NC1=O. The fraction of sp³-hybridized carbons (Fsp3) is 0.556. The maximum absolute atomic E-state index is 14.6. The number of nitrogens with one attached hydrogen (secondary N) is 6. The van der Waals surface area contributed by atoms with Gasteiger partial charge in [0.1, 0.15) is 48.4 Å². The number of esters is 1. The van der Waals surface area contributed by atoms with Crippen molar-refractivity contribution < 1.29 is 43.1 Å². The maximum atomic E-state index is 14.6. The number of nitrogens with zero attached hydrogens (tertiary/aromatic N) is 1. The van der Waals surface area contributed by atoms with Gasteiger partial charge in [0, 0.05) is 13.0 Å². The van der Waals surface area contributed by atoms with Crippen molar-refractivity contribution in [3.63, 3.8) is 0 Å². The lowest BCUT2D eigenvalue weighted by Gasteiger charge is -2.32. The van der Waals surface area contributed by atoms with Crippen molar-refractivity contribution >= 4 is 47.3 Å². The van der Waals surface area contributed by atoms with Crippen LogP contribution in [0.25, 0.3) is 0 Å². The van der Waals surface area contributed by atoms with Crippen molar-refractivity contribution in [1.82, 2.24) is 36.8 Å². The van der Waals surface area contributed by atoms with Gasteiger partial charge in [0.25, 0.3) is 0 Å². The van der Waals surface area contributed by atoms with Crippen LogP contribution in [0.3, 0.4) is 0 Å². The molecule has 2 saturated heterocycles. The van der Waals surface area contributed by atoms with Crippen LogP contribution in [0.2, 0.25) is 0 Å². The molecule has 0 aliphatic carbocycles. The van der Waals surface area contributed by atoms with E-state index >= 15 is 0 Å². The van der Waals surface area contributed by atoms with Crippen LogP contribution in [0, 0.1) is 17.8 Å². The lowest BCUT2D eigenvalue weighted by Crippen LogP contribution is -2.62. The molecule has 0 aromatic heterocycles. The summed E-state index contributed by atoms with van der Waals surface area (Å²) in [5.41, 5.74) is 1.42. The Morgan fingerprint density at radius 3 is 1.89 bits per heavy atom. The van der Waals surface area contributed by atoms with Crippen LogP contribution in [0.1, 0.15) is 85.8 Å². The molecule has 61 heavy (non-hydrogen) atoms. The Labute approximate surface area is 358 Å². The highest BCUT2D eigenvalue weighted by atomic mass is 16.5. The number of ether oxygens (including phenoxy) is 1. The van der Waals surface area contributed by atoms with E-state index in [1.54, 1.807) is 103 Å². The second-order valence-electron chi connectivity index (χ2n) is 17.0. The normalized spacial score (nSPS) is 25.2. The van der Waals surface area contributed by atoms with Crippen molar-refractivity contribution in [2.75, 3.05) is 6.54 Å². The standard InChI is InChI=1S/C45H63N7O9/c1-9-31-39(54)50-37(27(6)7)45(60)61-28(8)38(51-42(57)35(25(2)3)48-34(53)24-30-19-14-11-15-20-30)43(58)47-32(23-29-17-12-10-13-18-29)44(59)52-22-16-21-33(52)40(55)49-36(26(4)5)41(56)46-31/h10-15,17-20,25-28,31-33,35-38H,9,16,21-24H2,1-8H3,(H,46,56)(H,47,58)(H,48,53)(H,49,55)(H,50,54)(H,51,57). The molecule has 2 fully saturated rings. The number of rotatable bonds is 11. The van der Waals surface area contributed by atoms with Crippen LogP contribution >= 0.6 is 0 Å². The first kappa shape index (κ1) is 47.9. The fourth-order valence-electron chi connectivity index (χ4n) is 7.47. The lowest BCUT2D eigenvalue weighted by molar-refractivity contribution is -0.157. The zero-order valence-corrected chi connectivity index (χ0v) is 36.5. The van der Waals surface area contributed by atoms with Crippen molar-refractivity contribution in [2.24, 2.45) is 17.8 Å². The highest BCUT2D eigenvalue weighted by Crippen LogP contribution is 2.21. The smallest absolute Gasteiger partial charge is 0.329 e. The molecule has 4 rings (SSSR count). The molecular formula is C45H63N7O9. The van der Waals surface area contributed by atoms with E-state index in [1.807, 2.05) is 6.07 Å². The Morgan fingerprint density at radius 1 is 0.738 bits per heavy atom. The van der Waals surface area contributed by atoms with Gasteiger partial charge < -0.3 is 41.5 Å². The van der Waals surface area contributed by atoms with Crippen molar-refractivity contribution in [3.8, 4) is 0 Å². The van der Waals surface area contributed by atoms with Crippen LogP contribution in [-0.2, 0) is 55.9 Å². The predicted molar refractivity (Wildman–Crippen MR) is 227 cm³/mol. The van der Waals surface area contributed by atoms with Gasteiger partial charge >= 0.3 is 5.97 Å². The minimum atomic E-state index is -1.60. The van der Waals surface area contributed by atoms with Crippen molar-refractivity contribution in [3.05, 3.63) is 71.8 Å². The third-order valence-electron chi connectivity index (χ3n) is 11.1. The van der Waals surface area contributed by atoms with Crippen molar-refractivity contribution in [1.29, 1.82) is 0 Å². The Hall–Kier alpha value is -5.80. The molecule has 2 heterocycles. The number of hydrogen-bond acceptors (Lipinski definition) is 9. The first-order valence-electron chi connectivity index (χ1n) is 21.3. The molecule has 2 aromatic rings. The van der Waals surface area contributed by atoms with E-state index in [2.05, 4.69) is 31.9 Å². The Kier molecular flexibility index (Phi) is 17.4. The van der Waals surface area contributed by atoms with Crippen LogP contribution in [0.5, 0.6) is 0 Å². The van der Waals surface area contributed by atoms with Gasteiger partial charge in [0.15, 0.2) is 0 Å². The summed E-state index contributed by atoms with van der Waals surface area (Å²) in [7, 11) is 0. The minimum Gasteiger partial charge on any atom is -0.458 e. The number of cyclic esters (lactones) is 1. The van der Waals surface area contributed by atoms with Gasteiger partial charge in [-0.1, -0.05) is 109 Å². The maximum Gasteiger partial charge on any atom is 0.329 e. The number of amides is 7. The van der Waals surface area contributed by atoms with Gasteiger partial charge in [0.05, 0.1) is 6.42 Å². The average Bonchev–Trinajstić information content (AvgIpc) is 3.71. The molecule has 0 bridgehead atoms. The lowest BCUT2D eigenvalue weighted by atomic mass is 10.0. The molecule has 16 heteroatoms. The molecule has 7 amide bonds. The van der Waals surface area contributed by atoms with E-state index in [1.165, 1.54) is 11.8 Å². The van der Waals surface area contributed by atoms with Crippen LogP contribution in [-0.4, -0.2) is 107 Å². The highest BCUT2D eigenvalue weighted by molar-refractivity contribution is 5.98. The molecule has 6 N–H and O–H groups in total. The molecule has 332 valence electrons. The van der Waals surface area contributed by atoms with Crippen LogP contribution in [0.15, 0.2) is 60.7 Å². The second kappa shape index (κ2) is 22.2. The average molecular weight is 846 g/mol. The third kappa shape index (κ3) is 13.1. The summed E-state index contributed by atoms with van der Waals surface area (Å²) in [4.78, 5) is 113. The summed E-state index contributed by atoms with van der Waals surface area (Å²) in [6.07, 6.45) is -0.459. The molecule has 2 aliphatic rings. The molecular weight excluding hydrogens is 783 g/mol. The molecule has 8 unspecified atom stereocenters. The first-order valence-corrected chi connectivity index (χ1v) is 21.3. The number of carbonyl (C=O) groups is 8. The molecule has 2 aliphatic heterocycles. The number of carbonyl (C=O) groups excluding carboxylic acids is 8. The topological polar surface area (TPSA) is 221 Å². The summed E-state index contributed by atoms with van der Waals surface area (Å²) in [6.45, 7) is 13.6. The molecule has 2 aromatic carbocycles. The zero-order valence-electron chi connectivity index (χ0n) is 36.5. The molecule has 0 saturated carbocycles. The number of hydrogen-bond donors (Lipinski definition) is 6. The van der Waals surface area contributed by atoms with Crippen molar-refractivity contribution in [2.45, 2.75) is 136 Å². The molecule has 8 atom stereocenters. The largest absolute Gasteiger partial charge is 0.458 e. The number of benzene rings is 2. The second-order valence-corrected chi connectivity index (χ2v) is 17.0. The van der Waals surface area contributed by atoms with Gasteiger partial charge in [-0.3, -0.25) is 33.6 Å². The summed E-state index contributed by atoms with van der Waals surface area (Å²) in [5.74, 6) is -6.75. The first-order chi connectivity index (χ1) is 28.9. The van der Waals surface area contributed by atoms with Gasteiger partial charge in [-0.25, -0.2) is 4.79 Å². The highest BCUT2D eigenvalue weighted by Gasteiger charge is 2.42. The summed E-state index contributed by atoms with van der Waals surface area (Å²) >= 11 is 0. The third-order valence-corrected chi connectivity index (χ3v) is 11.1. The van der Waals surface area contributed by atoms with E-state index in [9.17, 15) is 38.4 Å². The summed E-state index contributed by atoms with van der Waals surface area (Å²) in [5, 5.41) is 16.5. The van der Waals surface area contributed by atoms with E-state index in [0.29, 0.717) is 18.4 Å². The molecule has 0 spiro atoms. The number of fused-ring (bicyclic) bond motifs is 1. The van der Waals surface area contributed by atoms with E-state index < -0.39 is 113 Å². The van der Waals surface area contributed by atoms with Gasteiger partial charge in [0.2, 0.25) is 41.4 Å². The Morgan fingerprint density at radius 2 is 1.31 bits per heavy atom. The summed E-state index contributed by atoms with van der Waals surface area (Å²) in [6, 6.07) is 9.56. The van der Waals surface area contributed by atoms with Crippen LogP contribution < -0.4 is 31.9 Å². The predicted octanol–water partition coefficient (Wildman–Crippen LogP) is 1.69. The van der Waals surface area contributed by atoms with Gasteiger partial charge in [-0.05, 0) is 55.1 Å². The van der Waals surface area contributed by atoms with Gasteiger partial charge in [-0.15, -0.1) is 0 Å². The monoisotopic (exact) mass is 845 g/mol. The summed E-state index contributed by atoms with van der Waals surface area (Å²) < 4.78 is 5.87. The zero-order chi connectivity index (χ0) is 45.0. The Bertz CT molecular complexity index is 1870. The van der Waals surface area contributed by atoms with E-state index in [4.69, 9.17) is 4.74 Å². The van der Waals surface area contributed by atoms with Crippen LogP contribution in [0.4, 0.5) is 0 Å². The Balaban J connectivity index is 1.76. The fourth-order valence-corrected chi connectivity index (χ4v) is 7.47. The molecule has 16 nitrogen and oxygen atoms in total. The van der Waals surface area contributed by atoms with E-state index in [-0.39, 0.29) is 25.8 Å². The van der Waals surface area contributed by atoms with E-state index in [0.717, 1.165) is 5.56 Å². The molecule has 0 radical (unpaired) electrons. The quantitative estimate of drug-likeness (QED) is 0.181. The minimum absolute atomic E-state index is 0.00291. The van der Waals surface area contributed by atoms with Gasteiger partial charge in [-0.2, -0.15) is 0 Å².